The lowest BCUT2D eigenvalue weighted by atomic mass is 9.96. The molecule has 2 aliphatic rings. The Morgan fingerprint density at radius 1 is 1.12 bits per heavy atom. The summed E-state index contributed by atoms with van der Waals surface area (Å²) in [6.07, 6.45) is 8.56. The van der Waals surface area contributed by atoms with Crippen molar-refractivity contribution in [2.24, 2.45) is 11.8 Å². The van der Waals surface area contributed by atoms with Gasteiger partial charge in [0.15, 0.2) is 0 Å². The van der Waals surface area contributed by atoms with Crippen molar-refractivity contribution in [2.75, 3.05) is 32.7 Å². The average Bonchev–Trinajstić information content (AvgIpc) is 3.12. The van der Waals surface area contributed by atoms with Crippen LogP contribution in [0.15, 0.2) is 0 Å². The molecule has 0 radical (unpaired) electrons. The highest BCUT2D eigenvalue weighted by molar-refractivity contribution is 4.78. The molecule has 0 unspecified atom stereocenters. The summed E-state index contributed by atoms with van der Waals surface area (Å²) in [5.41, 5.74) is 0. The first-order chi connectivity index (χ1) is 7.88. The number of nitrogens with zero attached hydrogens (tertiary/aromatic N) is 1. The first-order valence-corrected chi connectivity index (χ1v) is 7.31. The molecule has 0 aromatic heterocycles. The van der Waals surface area contributed by atoms with E-state index < -0.39 is 0 Å². The van der Waals surface area contributed by atoms with E-state index in [4.69, 9.17) is 0 Å². The molecule has 16 heavy (non-hydrogen) atoms. The molecule has 1 aliphatic carbocycles. The molecule has 94 valence electrons. The number of nitrogens with one attached hydrogen (secondary N) is 1. The Kier molecular flexibility index (Phi) is 5.11. The van der Waals surface area contributed by atoms with Gasteiger partial charge in [-0.1, -0.05) is 6.92 Å². The van der Waals surface area contributed by atoms with Crippen LogP contribution in [0.3, 0.4) is 0 Å². The van der Waals surface area contributed by atoms with Crippen LogP contribution in [0.25, 0.3) is 0 Å². The molecule has 1 N–H and O–H groups in total. The summed E-state index contributed by atoms with van der Waals surface area (Å²) in [5.74, 6) is 2.00. The molecule has 1 saturated carbocycles. The zero-order valence-corrected chi connectivity index (χ0v) is 10.9. The van der Waals surface area contributed by atoms with Gasteiger partial charge < -0.3 is 10.2 Å². The van der Waals surface area contributed by atoms with E-state index in [0.717, 1.165) is 11.8 Å². The Morgan fingerprint density at radius 3 is 2.62 bits per heavy atom. The molecule has 1 saturated heterocycles. The maximum absolute atomic E-state index is 3.53. The fraction of sp³-hybridized carbons (Fsp3) is 1.00. The molecule has 0 aromatic carbocycles. The summed E-state index contributed by atoms with van der Waals surface area (Å²) >= 11 is 0. The summed E-state index contributed by atoms with van der Waals surface area (Å²) in [7, 11) is 0. The molecular weight excluding hydrogens is 196 g/mol. The van der Waals surface area contributed by atoms with Gasteiger partial charge in [-0.05, 0) is 76.5 Å². The minimum absolute atomic E-state index is 0.951. The van der Waals surface area contributed by atoms with Gasteiger partial charge in [-0.3, -0.25) is 0 Å². The van der Waals surface area contributed by atoms with Gasteiger partial charge in [0.05, 0.1) is 0 Å². The van der Waals surface area contributed by atoms with Crippen molar-refractivity contribution < 1.29 is 0 Å². The van der Waals surface area contributed by atoms with Gasteiger partial charge in [0.1, 0.15) is 0 Å². The largest absolute Gasteiger partial charge is 0.316 e. The topological polar surface area (TPSA) is 15.3 Å². The third-order valence-electron chi connectivity index (χ3n) is 4.01. The normalized spacial score (nSPS) is 26.2. The average molecular weight is 224 g/mol. The third-order valence-corrected chi connectivity index (χ3v) is 4.01. The maximum atomic E-state index is 3.53. The van der Waals surface area contributed by atoms with Crippen LogP contribution in [-0.2, 0) is 0 Å². The summed E-state index contributed by atoms with van der Waals surface area (Å²) in [4.78, 5) is 2.71. The van der Waals surface area contributed by atoms with Gasteiger partial charge in [0.25, 0.3) is 0 Å². The zero-order valence-electron chi connectivity index (χ0n) is 10.9. The van der Waals surface area contributed by atoms with E-state index in [9.17, 15) is 0 Å². The molecule has 1 aliphatic heterocycles. The summed E-state index contributed by atoms with van der Waals surface area (Å²) < 4.78 is 0. The van der Waals surface area contributed by atoms with Crippen molar-refractivity contribution in [2.45, 2.75) is 45.4 Å². The number of hydrogen-bond donors (Lipinski definition) is 1. The highest BCUT2D eigenvalue weighted by Crippen LogP contribution is 2.30. The smallest absolute Gasteiger partial charge is 0.000966 e. The Hall–Kier alpha value is -0.0800. The van der Waals surface area contributed by atoms with Crippen molar-refractivity contribution in [1.82, 2.24) is 10.2 Å². The van der Waals surface area contributed by atoms with Crippen LogP contribution in [0.4, 0.5) is 0 Å². The van der Waals surface area contributed by atoms with Crippen LogP contribution < -0.4 is 5.32 Å². The summed E-state index contributed by atoms with van der Waals surface area (Å²) in [5, 5.41) is 3.53. The molecule has 0 amide bonds. The molecule has 0 spiro atoms. The molecule has 0 aromatic rings. The van der Waals surface area contributed by atoms with E-state index in [-0.39, 0.29) is 0 Å². The number of rotatable bonds is 7. The Balaban J connectivity index is 1.63. The summed E-state index contributed by atoms with van der Waals surface area (Å²) in [6.45, 7) is 8.87. The van der Waals surface area contributed by atoms with Crippen molar-refractivity contribution in [3.63, 3.8) is 0 Å². The van der Waals surface area contributed by atoms with Crippen LogP contribution in [-0.4, -0.2) is 37.6 Å². The van der Waals surface area contributed by atoms with Crippen molar-refractivity contribution in [3.05, 3.63) is 0 Å². The second-order valence-corrected chi connectivity index (χ2v) is 5.75. The van der Waals surface area contributed by atoms with E-state index >= 15 is 0 Å². The van der Waals surface area contributed by atoms with Crippen LogP contribution in [0.5, 0.6) is 0 Å². The van der Waals surface area contributed by atoms with E-state index in [1.54, 1.807) is 0 Å². The minimum atomic E-state index is 0.951. The molecule has 2 rings (SSSR count). The highest BCUT2D eigenvalue weighted by atomic mass is 15.1. The molecule has 2 nitrogen and oxygen atoms in total. The van der Waals surface area contributed by atoms with E-state index in [1.807, 2.05) is 0 Å². The minimum Gasteiger partial charge on any atom is -0.316 e. The van der Waals surface area contributed by atoms with Gasteiger partial charge in [0.2, 0.25) is 0 Å². The molecule has 1 atom stereocenters. The lowest BCUT2D eigenvalue weighted by molar-refractivity contribution is 0.229. The second kappa shape index (κ2) is 6.61. The lowest BCUT2D eigenvalue weighted by Crippen LogP contribution is -2.34. The van der Waals surface area contributed by atoms with E-state index in [0.29, 0.717) is 0 Å². The van der Waals surface area contributed by atoms with Crippen LogP contribution in [0, 0.1) is 11.8 Å². The number of piperidine rings is 1. The molecule has 1 heterocycles. The van der Waals surface area contributed by atoms with Crippen molar-refractivity contribution >= 4 is 0 Å². The molecule has 2 heteroatoms. The SMILES string of the molecule is CCCN(CC[C@@H]1CCCNC1)CC1CC1. The van der Waals surface area contributed by atoms with Gasteiger partial charge in [-0.15, -0.1) is 0 Å². The maximum Gasteiger partial charge on any atom is 0.000966 e. The predicted octanol–water partition coefficient (Wildman–Crippen LogP) is 2.50. The standard InChI is InChI=1S/C14H28N2/c1-2-9-16(12-14-5-6-14)10-7-13-4-3-8-15-11-13/h13-15H,2-12H2,1H3/t13-/m0/s1. The Bertz CT molecular complexity index is 183. The van der Waals surface area contributed by atoms with Crippen LogP contribution >= 0.6 is 0 Å². The van der Waals surface area contributed by atoms with Gasteiger partial charge in [0, 0.05) is 6.54 Å². The highest BCUT2D eigenvalue weighted by Gasteiger charge is 2.24. The zero-order chi connectivity index (χ0) is 11.2. The number of hydrogen-bond acceptors (Lipinski definition) is 2. The Morgan fingerprint density at radius 2 is 2.00 bits per heavy atom. The van der Waals surface area contributed by atoms with E-state index in [1.165, 1.54) is 71.2 Å². The first kappa shape index (κ1) is 12.4. The van der Waals surface area contributed by atoms with Crippen molar-refractivity contribution in [1.29, 1.82) is 0 Å². The fourth-order valence-electron chi connectivity index (χ4n) is 2.81. The molecule has 2 fully saturated rings. The van der Waals surface area contributed by atoms with Gasteiger partial charge in [-0.25, -0.2) is 0 Å². The molecular formula is C14H28N2. The monoisotopic (exact) mass is 224 g/mol. The summed E-state index contributed by atoms with van der Waals surface area (Å²) in [6, 6.07) is 0. The fourth-order valence-corrected chi connectivity index (χ4v) is 2.81. The molecule has 0 bridgehead atoms. The van der Waals surface area contributed by atoms with Crippen LogP contribution in [0.2, 0.25) is 0 Å². The van der Waals surface area contributed by atoms with Gasteiger partial charge in [-0.2, -0.15) is 0 Å². The predicted molar refractivity (Wildman–Crippen MR) is 69.7 cm³/mol. The van der Waals surface area contributed by atoms with Crippen molar-refractivity contribution in [3.8, 4) is 0 Å². The lowest BCUT2D eigenvalue weighted by Gasteiger charge is -2.27. The quantitative estimate of drug-likeness (QED) is 0.715. The third kappa shape index (κ3) is 4.42. The van der Waals surface area contributed by atoms with E-state index in [2.05, 4.69) is 17.1 Å². The Labute approximate surface area is 101 Å². The van der Waals surface area contributed by atoms with Crippen LogP contribution in [0.1, 0.15) is 45.4 Å². The first-order valence-electron chi connectivity index (χ1n) is 7.31. The second-order valence-electron chi connectivity index (χ2n) is 5.75. The van der Waals surface area contributed by atoms with Gasteiger partial charge >= 0.3 is 0 Å².